The van der Waals surface area contributed by atoms with Crippen LogP contribution in [-0.2, 0) is 17.8 Å². The zero-order chi connectivity index (χ0) is 12.1. The average Bonchev–Trinajstić information content (AvgIpc) is 2.94. The fourth-order valence-electron chi connectivity index (χ4n) is 2.22. The normalized spacial score (nSPS) is 20.0. The van der Waals surface area contributed by atoms with Gasteiger partial charge in [0.2, 0.25) is 0 Å². The molecule has 1 saturated heterocycles. The highest BCUT2D eigenvalue weighted by Crippen LogP contribution is 2.15. The Hall–Kier alpha value is -0.870. The van der Waals surface area contributed by atoms with E-state index in [1.807, 2.05) is 6.20 Å². The molecule has 4 heteroatoms. The Kier molecular flexibility index (Phi) is 4.57. The number of hydrogen-bond donors (Lipinski definition) is 1. The predicted molar refractivity (Wildman–Crippen MR) is 67.9 cm³/mol. The van der Waals surface area contributed by atoms with E-state index < -0.39 is 0 Å². The van der Waals surface area contributed by atoms with Crippen molar-refractivity contribution in [1.82, 2.24) is 15.1 Å². The number of aromatic nitrogens is 2. The Balaban J connectivity index is 1.89. The molecule has 0 bridgehead atoms. The molecule has 1 aromatic heterocycles. The first kappa shape index (κ1) is 12.6. The van der Waals surface area contributed by atoms with E-state index in [2.05, 4.69) is 28.9 Å². The summed E-state index contributed by atoms with van der Waals surface area (Å²) in [6, 6.07) is 0. The fourth-order valence-corrected chi connectivity index (χ4v) is 2.22. The lowest BCUT2D eigenvalue weighted by atomic mass is 10.2. The van der Waals surface area contributed by atoms with Gasteiger partial charge in [-0.1, -0.05) is 6.92 Å². The largest absolute Gasteiger partial charge is 0.376 e. The Morgan fingerprint density at radius 3 is 3.18 bits per heavy atom. The number of nitrogens with one attached hydrogen (secondary N) is 1. The van der Waals surface area contributed by atoms with Crippen LogP contribution in [0.4, 0.5) is 0 Å². The third-order valence-corrected chi connectivity index (χ3v) is 3.35. The third kappa shape index (κ3) is 3.30. The van der Waals surface area contributed by atoms with Crippen molar-refractivity contribution in [1.29, 1.82) is 0 Å². The van der Waals surface area contributed by atoms with Gasteiger partial charge < -0.3 is 10.1 Å². The van der Waals surface area contributed by atoms with Crippen LogP contribution in [0.3, 0.4) is 0 Å². The maximum Gasteiger partial charge on any atom is 0.0771 e. The van der Waals surface area contributed by atoms with Crippen molar-refractivity contribution in [3.8, 4) is 0 Å². The van der Waals surface area contributed by atoms with E-state index in [0.717, 1.165) is 26.2 Å². The quantitative estimate of drug-likeness (QED) is 0.768. The van der Waals surface area contributed by atoms with E-state index >= 15 is 0 Å². The Morgan fingerprint density at radius 2 is 2.47 bits per heavy atom. The number of hydrogen-bond acceptors (Lipinski definition) is 3. The van der Waals surface area contributed by atoms with Gasteiger partial charge in [0.1, 0.15) is 0 Å². The van der Waals surface area contributed by atoms with Gasteiger partial charge >= 0.3 is 0 Å². The molecule has 0 amide bonds. The molecule has 1 unspecified atom stereocenters. The summed E-state index contributed by atoms with van der Waals surface area (Å²) in [6.45, 7) is 8.13. The zero-order valence-electron chi connectivity index (χ0n) is 10.9. The van der Waals surface area contributed by atoms with Crippen LogP contribution in [0.2, 0.25) is 0 Å². The molecular formula is C13H23N3O. The molecule has 1 N–H and O–H groups in total. The highest BCUT2D eigenvalue weighted by molar-refractivity contribution is 5.15. The molecule has 1 aromatic rings. The van der Waals surface area contributed by atoms with Crippen molar-refractivity contribution in [3.05, 3.63) is 17.5 Å². The Labute approximate surface area is 103 Å². The van der Waals surface area contributed by atoms with E-state index in [-0.39, 0.29) is 0 Å². The highest BCUT2D eigenvalue weighted by Gasteiger charge is 2.17. The lowest BCUT2D eigenvalue weighted by Crippen LogP contribution is -2.18. The zero-order valence-corrected chi connectivity index (χ0v) is 10.9. The standard InChI is InChI=1S/C13H23N3O/c1-3-6-14-8-12-9-15-16(11(12)2)10-13-5-4-7-17-13/h9,13-14H,3-8,10H2,1-2H3. The Bertz CT molecular complexity index is 342. The number of nitrogens with zero attached hydrogens (tertiary/aromatic N) is 2. The van der Waals surface area contributed by atoms with Gasteiger partial charge in [0.05, 0.1) is 18.8 Å². The van der Waals surface area contributed by atoms with Crippen molar-refractivity contribution < 1.29 is 4.74 Å². The van der Waals surface area contributed by atoms with Crippen LogP contribution >= 0.6 is 0 Å². The lowest BCUT2D eigenvalue weighted by molar-refractivity contribution is 0.0934. The minimum atomic E-state index is 0.366. The van der Waals surface area contributed by atoms with Gasteiger partial charge in [-0.25, -0.2) is 0 Å². The second kappa shape index (κ2) is 6.17. The summed E-state index contributed by atoms with van der Waals surface area (Å²) in [4.78, 5) is 0. The van der Waals surface area contributed by atoms with Crippen LogP contribution in [0.5, 0.6) is 0 Å². The SMILES string of the molecule is CCCNCc1cnn(CC2CCCO2)c1C. The van der Waals surface area contributed by atoms with E-state index in [9.17, 15) is 0 Å². The molecule has 1 atom stereocenters. The molecule has 0 spiro atoms. The van der Waals surface area contributed by atoms with Crippen molar-refractivity contribution in [3.63, 3.8) is 0 Å². The molecule has 0 aromatic carbocycles. The molecule has 1 fully saturated rings. The first-order chi connectivity index (χ1) is 8.31. The second-order valence-electron chi connectivity index (χ2n) is 4.75. The first-order valence-electron chi connectivity index (χ1n) is 6.65. The maximum absolute atomic E-state index is 5.64. The lowest BCUT2D eigenvalue weighted by Gasteiger charge is -2.11. The van der Waals surface area contributed by atoms with Crippen LogP contribution < -0.4 is 5.32 Å². The fraction of sp³-hybridized carbons (Fsp3) is 0.769. The first-order valence-corrected chi connectivity index (χ1v) is 6.65. The van der Waals surface area contributed by atoms with Crippen molar-refractivity contribution >= 4 is 0 Å². The van der Waals surface area contributed by atoms with Crippen molar-refractivity contribution in [2.24, 2.45) is 0 Å². The molecule has 96 valence electrons. The van der Waals surface area contributed by atoms with Crippen LogP contribution in [0, 0.1) is 6.92 Å². The molecule has 17 heavy (non-hydrogen) atoms. The van der Waals surface area contributed by atoms with Crippen molar-refractivity contribution in [2.45, 2.75) is 52.3 Å². The van der Waals surface area contributed by atoms with E-state index in [0.29, 0.717) is 6.10 Å². The van der Waals surface area contributed by atoms with Crippen LogP contribution in [0.1, 0.15) is 37.4 Å². The van der Waals surface area contributed by atoms with Gasteiger partial charge in [0, 0.05) is 24.4 Å². The van der Waals surface area contributed by atoms with E-state index in [1.54, 1.807) is 0 Å². The third-order valence-electron chi connectivity index (χ3n) is 3.35. The summed E-state index contributed by atoms with van der Waals surface area (Å²) in [6.07, 6.45) is 5.87. The smallest absolute Gasteiger partial charge is 0.0771 e. The van der Waals surface area contributed by atoms with E-state index in [1.165, 1.54) is 30.5 Å². The maximum atomic E-state index is 5.64. The molecular weight excluding hydrogens is 214 g/mol. The van der Waals surface area contributed by atoms with Crippen LogP contribution in [0.25, 0.3) is 0 Å². The summed E-state index contributed by atoms with van der Waals surface area (Å²) in [5.41, 5.74) is 2.57. The summed E-state index contributed by atoms with van der Waals surface area (Å²) in [7, 11) is 0. The van der Waals surface area contributed by atoms with Gasteiger partial charge in [0.25, 0.3) is 0 Å². The topological polar surface area (TPSA) is 39.1 Å². The molecule has 2 rings (SSSR count). The molecule has 1 aliphatic rings. The molecule has 4 nitrogen and oxygen atoms in total. The van der Waals surface area contributed by atoms with Crippen LogP contribution in [-0.4, -0.2) is 29.0 Å². The molecule has 1 aliphatic heterocycles. The van der Waals surface area contributed by atoms with E-state index in [4.69, 9.17) is 4.74 Å². The average molecular weight is 237 g/mol. The minimum absolute atomic E-state index is 0.366. The molecule has 0 radical (unpaired) electrons. The number of rotatable bonds is 6. The summed E-state index contributed by atoms with van der Waals surface area (Å²) in [5, 5.41) is 7.87. The monoisotopic (exact) mass is 237 g/mol. The van der Waals surface area contributed by atoms with Gasteiger partial charge in [-0.15, -0.1) is 0 Å². The molecule has 2 heterocycles. The summed E-state index contributed by atoms with van der Waals surface area (Å²) < 4.78 is 7.73. The summed E-state index contributed by atoms with van der Waals surface area (Å²) in [5.74, 6) is 0. The highest BCUT2D eigenvalue weighted by atomic mass is 16.5. The second-order valence-corrected chi connectivity index (χ2v) is 4.75. The van der Waals surface area contributed by atoms with Crippen LogP contribution in [0.15, 0.2) is 6.20 Å². The summed E-state index contributed by atoms with van der Waals surface area (Å²) >= 11 is 0. The molecule has 0 aliphatic carbocycles. The number of ether oxygens (including phenoxy) is 1. The Morgan fingerprint density at radius 1 is 1.59 bits per heavy atom. The molecule has 0 saturated carbocycles. The van der Waals surface area contributed by atoms with Crippen molar-refractivity contribution in [2.75, 3.05) is 13.2 Å². The van der Waals surface area contributed by atoms with Gasteiger partial charge in [0.15, 0.2) is 0 Å². The van der Waals surface area contributed by atoms with Gasteiger partial charge in [-0.2, -0.15) is 5.10 Å². The predicted octanol–water partition coefficient (Wildman–Crippen LogP) is 1.87. The van der Waals surface area contributed by atoms with Gasteiger partial charge in [-0.05, 0) is 32.7 Å². The van der Waals surface area contributed by atoms with Gasteiger partial charge in [-0.3, -0.25) is 4.68 Å². The minimum Gasteiger partial charge on any atom is -0.376 e.